The van der Waals surface area contributed by atoms with Crippen LogP contribution in [0.5, 0.6) is 0 Å². The number of benzene rings is 8. The fourth-order valence-corrected chi connectivity index (χ4v) is 14.8. The van der Waals surface area contributed by atoms with Crippen LogP contribution in [0, 0.1) is 23.3 Å². The summed E-state index contributed by atoms with van der Waals surface area (Å²) in [7, 11) is 6.72. The van der Waals surface area contributed by atoms with Crippen LogP contribution in [0.1, 0.15) is 97.7 Å². The number of esters is 3. The van der Waals surface area contributed by atoms with Gasteiger partial charge < -0.3 is 62.9 Å². The van der Waals surface area contributed by atoms with E-state index in [0.717, 1.165) is 44.2 Å². The van der Waals surface area contributed by atoms with Gasteiger partial charge in [0.1, 0.15) is 55.5 Å². The van der Waals surface area contributed by atoms with E-state index >= 15 is 0 Å². The topological polar surface area (TPSA) is 370 Å². The molecule has 5 N–H and O–H groups in total. The number of aromatic carboxylic acids is 2. The van der Waals surface area contributed by atoms with E-state index in [-0.39, 0.29) is 94.8 Å². The Hall–Kier alpha value is -14.3. The number of ether oxygens (including phenoxy) is 3. The second-order valence-electron chi connectivity index (χ2n) is 24.2. The van der Waals surface area contributed by atoms with Gasteiger partial charge in [-0.2, -0.15) is 0 Å². The smallest absolute Gasteiger partial charge is 0.351 e. The molecule has 0 aliphatic heterocycles. The number of thiophene rings is 4. The summed E-state index contributed by atoms with van der Waals surface area (Å²) >= 11 is 4.73. The first kappa shape index (κ1) is 84.2. The van der Waals surface area contributed by atoms with Gasteiger partial charge in [-0.3, -0.25) is 14.4 Å². The maximum Gasteiger partial charge on any atom is 0.351 e. The first-order valence-electron chi connectivity index (χ1n) is 32.9. The molecule has 0 spiro atoms. The molecule has 0 aliphatic carbocycles. The zero-order chi connectivity index (χ0) is 81.7. The summed E-state index contributed by atoms with van der Waals surface area (Å²) < 4.78 is 88.7. The Labute approximate surface area is 666 Å². The van der Waals surface area contributed by atoms with E-state index in [1.165, 1.54) is 151 Å². The number of nitrogens with one attached hydrogen (secondary N) is 1. The summed E-state index contributed by atoms with van der Waals surface area (Å²) in [6.07, 6.45) is 0. The molecule has 8 aromatic heterocycles. The van der Waals surface area contributed by atoms with Crippen LogP contribution in [0.4, 0.5) is 37.6 Å². The lowest BCUT2D eigenvalue weighted by Gasteiger charge is -2.15. The molecular weight excluding hydrogens is 1590 g/mol. The van der Waals surface area contributed by atoms with E-state index in [1.54, 1.807) is 111 Å². The van der Waals surface area contributed by atoms with Crippen molar-refractivity contribution in [3.8, 4) is 0 Å². The number of methoxy groups -OCH3 is 3. The molecule has 25 nitrogen and oxygen atoms in total. The molecule has 0 radical (unpaired) electrons. The molecule has 0 aliphatic rings. The molecule has 33 heteroatoms. The van der Waals surface area contributed by atoms with Gasteiger partial charge in [-0.1, -0.05) is 63.4 Å². The van der Waals surface area contributed by atoms with Crippen LogP contribution < -0.4 is 43.4 Å². The zero-order valence-corrected chi connectivity index (χ0v) is 62.5. The highest BCUT2D eigenvalue weighted by atomic mass is 32.1. The summed E-state index contributed by atoms with van der Waals surface area (Å²) in [5.41, 5.74) is 3.85. The van der Waals surface area contributed by atoms with Crippen LogP contribution in [-0.2, 0) is 14.2 Å². The van der Waals surface area contributed by atoms with E-state index in [1.807, 2.05) is 0 Å². The lowest BCUT2D eigenvalue weighted by atomic mass is 10.1. The predicted molar refractivity (Wildman–Crippen MR) is 436 cm³/mol. The molecule has 0 saturated carbocycles. The number of amides is 3. The molecule has 0 saturated heterocycles. The van der Waals surface area contributed by atoms with Crippen molar-refractivity contribution >= 4 is 197 Å². The maximum absolute atomic E-state index is 13.3. The molecule has 3 amide bonds. The highest BCUT2D eigenvalue weighted by Crippen LogP contribution is 2.36. The van der Waals surface area contributed by atoms with Crippen LogP contribution >= 0.6 is 45.3 Å². The van der Waals surface area contributed by atoms with Crippen molar-refractivity contribution in [3.63, 3.8) is 0 Å². The Morgan fingerprint density at radius 1 is 0.362 bits per heavy atom. The lowest BCUT2D eigenvalue weighted by Crippen LogP contribution is -2.25. The van der Waals surface area contributed by atoms with E-state index in [9.17, 15) is 75.1 Å². The largest absolute Gasteiger partial charge is 0.478 e. The molecular formula is C83H60F4N4O21S4. The van der Waals surface area contributed by atoms with Gasteiger partial charge in [0.2, 0.25) is 0 Å². The number of carbonyl (C=O) groups is 8. The summed E-state index contributed by atoms with van der Waals surface area (Å²) in [6.45, 7) is 0. The van der Waals surface area contributed by atoms with Crippen molar-refractivity contribution in [1.29, 1.82) is 0 Å². The average Bonchev–Trinajstić information content (AvgIpc) is 1.67. The van der Waals surface area contributed by atoms with Crippen LogP contribution in [0.2, 0.25) is 0 Å². The van der Waals surface area contributed by atoms with Crippen molar-refractivity contribution < 1.29 is 98.0 Å². The molecule has 116 heavy (non-hydrogen) atoms. The summed E-state index contributed by atoms with van der Waals surface area (Å²) in [6, 6.07) is 48.3. The number of nitrogens with two attached hydrogens (primary N) is 1. The summed E-state index contributed by atoms with van der Waals surface area (Å²) in [4.78, 5) is 144. The highest BCUT2D eigenvalue weighted by molar-refractivity contribution is 7.24. The molecule has 590 valence electrons. The van der Waals surface area contributed by atoms with Crippen LogP contribution in [-0.4, -0.2) is 93.2 Å². The van der Waals surface area contributed by atoms with E-state index < -0.39 is 57.9 Å². The minimum atomic E-state index is -1.37. The Morgan fingerprint density at radius 3 is 1.03 bits per heavy atom. The third-order valence-corrected chi connectivity index (χ3v) is 21.0. The highest BCUT2D eigenvalue weighted by Gasteiger charge is 2.24. The number of carbonyl (C=O) groups excluding carboxylic acids is 6. The van der Waals surface area contributed by atoms with Crippen LogP contribution in [0.25, 0.3) is 84.2 Å². The number of hydrogen-bond donors (Lipinski definition) is 4. The maximum atomic E-state index is 13.3. The van der Waals surface area contributed by atoms with Crippen LogP contribution in [0.15, 0.2) is 231 Å². The molecule has 16 rings (SSSR count). The van der Waals surface area contributed by atoms with E-state index in [2.05, 4.69) is 19.5 Å². The van der Waals surface area contributed by atoms with Gasteiger partial charge in [-0.15, -0.1) is 45.3 Å². The van der Waals surface area contributed by atoms with Gasteiger partial charge in [0, 0.05) is 55.1 Å². The second-order valence-corrected chi connectivity index (χ2v) is 28.5. The van der Waals surface area contributed by atoms with Gasteiger partial charge in [-0.25, -0.2) is 60.7 Å². The summed E-state index contributed by atoms with van der Waals surface area (Å²) in [5.74, 6) is -6.94. The summed E-state index contributed by atoms with van der Waals surface area (Å²) in [5, 5.41) is 28.2. The number of hydrogen-bond acceptors (Lipinski definition) is 24. The van der Waals surface area contributed by atoms with E-state index in [4.69, 9.17) is 33.6 Å². The molecule has 8 aromatic carbocycles. The number of halogens is 4. The first-order chi connectivity index (χ1) is 54.4. The zero-order valence-electron chi connectivity index (χ0n) is 59.2. The van der Waals surface area contributed by atoms with Gasteiger partial charge in [-0.05, 0) is 164 Å². The Kier molecular flexibility index (Phi) is 25.8. The third-order valence-electron chi connectivity index (χ3n) is 16.9. The van der Waals surface area contributed by atoms with Crippen LogP contribution in [0.3, 0.4) is 0 Å². The van der Waals surface area contributed by atoms with E-state index in [0.29, 0.717) is 82.6 Å². The third kappa shape index (κ3) is 18.7. The Bertz CT molecular complexity index is 6900. The fourth-order valence-electron chi connectivity index (χ4n) is 11.1. The quantitative estimate of drug-likeness (QED) is 0.0531. The molecule has 16 aromatic rings. The molecule has 0 atom stereocenters. The number of anilines is 4. The Morgan fingerprint density at radius 2 is 0.655 bits per heavy atom. The lowest BCUT2D eigenvalue weighted by molar-refractivity contribution is 0.0587. The number of nitrogen functional groups attached to an aromatic ring is 1. The van der Waals surface area contributed by atoms with Crippen molar-refractivity contribution in [2.45, 2.75) is 14.9 Å². The van der Waals surface area contributed by atoms with Crippen molar-refractivity contribution in [2.75, 3.05) is 56.3 Å². The van der Waals surface area contributed by atoms with Gasteiger partial charge in [0.05, 0.1) is 55.7 Å². The monoisotopic (exact) mass is 1650 g/mol. The number of nitrogens with zero attached hydrogens (tertiary/aromatic N) is 2. The fraction of sp³-hybridized carbons (Fsp3) is 0.0843. The van der Waals surface area contributed by atoms with Crippen molar-refractivity contribution in [2.24, 2.45) is 0 Å². The Balaban J connectivity index is 0.000000157. The number of carboxylic acid groups (broad SMARTS) is 2. The predicted octanol–water partition coefficient (Wildman–Crippen LogP) is 17.7. The van der Waals surface area contributed by atoms with Gasteiger partial charge in [0.15, 0.2) is 22.3 Å². The minimum Gasteiger partial charge on any atom is -0.478 e. The SMILES string of the molecule is C.C.CN(C(=O)c1ccc2cc(F)ccc2c1)c1cc2oc(=O)c(C(=O)O)cc2s1.COC(=O)c1cc2sc(N(C)C(=O)c3ccc4cc(F)ccc4c3)cc2oc1=O.COC(=O)c1cc2sc(N)cc2oc1=O.COC(=O)c1cc2sc(NC(=O)c3ccc4cc(F)ccc4c3)cc2oc1=O.O=C(O)c1ccc2cc(F)ccc2c1. The minimum absolute atomic E-state index is 0. The molecule has 0 unspecified atom stereocenters. The average molecular weight is 1650 g/mol. The van der Waals surface area contributed by atoms with Gasteiger partial charge >= 0.3 is 52.3 Å². The first-order valence-corrected chi connectivity index (χ1v) is 36.1. The molecule has 0 fully saturated rings. The van der Waals surface area contributed by atoms with Crippen molar-refractivity contribution in [1.82, 2.24) is 0 Å². The van der Waals surface area contributed by atoms with Gasteiger partial charge in [0.25, 0.3) is 17.7 Å². The second kappa shape index (κ2) is 35.6. The number of rotatable bonds is 11. The normalized spacial score (nSPS) is 10.7. The number of fused-ring (bicyclic) bond motifs is 8. The number of carboxylic acids is 2. The molecule has 8 heterocycles. The molecule has 0 bridgehead atoms. The standard InChI is InChI=1S/C21H14FNO5S.2C20H12FNO5S.C11H7FO2.C9H7NO4S.2CH4/c1-23(19(24)13-4-3-12-8-14(22)6-5-11(12)7-13)18-10-16-17(29-18)9-15(20(25)27-2)21(26)28-16;1-26-19(24)14-8-16-15(27-20(14)25)9-17(28-16)22-18(23)12-3-2-11-7-13(21)5-4-10(11)6-12;1-22(17-9-15-16(28-17)8-14(19(24)25)20(26)27-15)18(23)12-3-2-11-7-13(21)5-4-10(11)6-12;12-10-4-3-7-5-9(11(13)14)2-1-8(7)6-10;1-13-8(11)4-2-6-5(14-9(4)12)3-7(10)15-6;;/h3-10H,1-2H3;2-9H,1H3,(H,22,23);2-9H,1H3,(H,24,25);1-6H,(H,13,14);2-3H,10H2,1H3;2*1H4. The van der Waals surface area contributed by atoms with Crippen molar-refractivity contribution in [3.05, 3.63) is 304 Å².